The maximum absolute atomic E-state index is 9.12. The SMILES string of the molecule is COc1cc(CNC2CCCC2C#N)cc(OC)c1OC. The predicted molar refractivity (Wildman–Crippen MR) is 79.7 cm³/mol. The van der Waals surface area contributed by atoms with Crippen LogP contribution in [0.1, 0.15) is 24.8 Å². The molecule has 114 valence electrons. The average Bonchev–Trinajstić information content (AvgIpc) is 2.99. The van der Waals surface area contributed by atoms with E-state index in [1.807, 2.05) is 12.1 Å². The lowest BCUT2D eigenvalue weighted by Crippen LogP contribution is -2.31. The van der Waals surface area contributed by atoms with E-state index in [1.165, 1.54) is 0 Å². The van der Waals surface area contributed by atoms with E-state index in [0.717, 1.165) is 24.8 Å². The number of ether oxygens (including phenoxy) is 3. The molecule has 1 aliphatic rings. The van der Waals surface area contributed by atoms with Crippen molar-refractivity contribution in [1.29, 1.82) is 5.26 Å². The number of nitriles is 1. The van der Waals surface area contributed by atoms with Gasteiger partial charge < -0.3 is 19.5 Å². The average molecular weight is 290 g/mol. The number of rotatable bonds is 6. The zero-order valence-corrected chi connectivity index (χ0v) is 12.8. The van der Waals surface area contributed by atoms with Crippen LogP contribution in [-0.4, -0.2) is 27.4 Å². The summed E-state index contributed by atoms with van der Waals surface area (Å²) in [7, 11) is 4.81. The summed E-state index contributed by atoms with van der Waals surface area (Å²) < 4.78 is 16.0. The molecule has 1 saturated carbocycles. The molecule has 1 aliphatic carbocycles. The van der Waals surface area contributed by atoms with Crippen LogP contribution in [0.25, 0.3) is 0 Å². The molecular weight excluding hydrogens is 268 g/mol. The molecule has 5 nitrogen and oxygen atoms in total. The summed E-state index contributed by atoms with van der Waals surface area (Å²) in [5.74, 6) is 2.01. The van der Waals surface area contributed by atoms with E-state index in [2.05, 4.69) is 11.4 Å². The molecule has 0 aromatic heterocycles. The van der Waals surface area contributed by atoms with Gasteiger partial charge in [-0.25, -0.2) is 0 Å². The lowest BCUT2D eigenvalue weighted by molar-refractivity contribution is 0.323. The number of hydrogen-bond donors (Lipinski definition) is 1. The Balaban J connectivity index is 2.11. The summed E-state index contributed by atoms with van der Waals surface area (Å²) in [6.07, 6.45) is 3.16. The molecule has 21 heavy (non-hydrogen) atoms. The van der Waals surface area contributed by atoms with E-state index >= 15 is 0 Å². The Bertz CT molecular complexity index is 500. The molecule has 1 N–H and O–H groups in total. The molecule has 0 amide bonds. The maximum Gasteiger partial charge on any atom is 0.203 e. The molecule has 0 bridgehead atoms. The third-order valence-electron chi connectivity index (χ3n) is 3.97. The van der Waals surface area contributed by atoms with Crippen molar-refractivity contribution in [2.75, 3.05) is 21.3 Å². The Hall–Kier alpha value is -1.93. The van der Waals surface area contributed by atoms with Crippen LogP contribution in [0.3, 0.4) is 0 Å². The van der Waals surface area contributed by atoms with Crippen LogP contribution < -0.4 is 19.5 Å². The van der Waals surface area contributed by atoms with Crippen LogP contribution in [0.4, 0.5) is 0 Å². The van der Waals surface area contributed by atoms with Crippen molar-refractivity contribution in [2.24, 2.45) is 5.92 Å². The van der Waals surface area contributed by atoms with Crippen LogP contribution in [-0.2, 0) is 6.54 Å². The highest BCUT2D eigenvalue weighted by atomic mass is 16.5. The Labute approximate surface area is 125 Å². The van der Waals surface area contributed by atoms with E-state index in [1.54, 1.807) is 21.3 Å². The summed E-state index contributed by atoms with van der Waals surface area (Å²) in [4.78, 5) is 0. The maximum atomic E-state index is 9.12. The zero-order valence-electron chi connectivity index (χ0n) is 12.8. The fraction of sp³-hybridized carbons (Fsp3) is 0.562. The molecular formula is C16H22N2O3. The van der Waals surface area contributed by atoms with Gasteiger partial charge in [0.05, 0.1) is 33.3 Å². The Morgan fingerprint density at radius 2 is 1.81 bits per heavy atom. The quantitative estimate of drug-likeness (QED) is 0.872. The Morgan fingerprint density at radius 1 is 1.14 bits per heavy atom. The van der Waals surface area contributed by atoms with Gasteiger partial charge in [0.2, 0.25) is 5.75 Å². The second-order valence-corrected chi connectivity index (χ2v) is 5.19. The summed E-state index contributed by atoms with van der Waals surface area (Å²) >= 11 is 0. The molecule has 2 rings (SSSR count). The first kappa shape index (κ1) is 15.5. The molecule has 1 aromatic carbocycles. The van der Waals surface area contributed by atoms with Gasteiger partial charge in [-0.2, -0.15) is 5.26 Å². The van der Waals surface area contributed by atoms with Gasteiger partial charge in [0.25, 0.3) is 0 Å². The van der Waals surface area contributed by atoms with E-state index in [4.69, 9.17) is 19.5 Å². The van der Waals surface area contributed by atoms with E-state index < -0.39 is 0 Å². The van der Waals surface area contributed by atoms with Gasteiger partial charge in [-0.05, 0) is 30.5 Å². The molecule has 0 aliphatic heterocycles. The molecule has 0 heterocycles. The van der Waals surface area contributed by atoms with Gasteiger partial charge in [0.15, 0.2) is 11.5 Å². The minimum absolute atomic E-state index is 0.118. The first-order valence-corrected chi connectivity index (χ1v) is 7.15. The van der Waals surface area contributed by atoms with E-state index in [9.17, 15) is 0 Å². The number of hydrogen-bond acceptors (Lipinski definition) is 5. The highest BCUT2D eigenvalue weighted by Gasteiger charge is 2.26. The predicted octanol–water partition coefficient (Wildman–Crippen LogP) is 2.49. The normalized spacial score (nSPS) is 20.9. The first-order valence-electron chi connectivity index (χ1n) is 7.15. The number of benzene rings is 1. The Kier molecular flexibility index (Phi) is 5.29. The van der Waals surface area contributed by atoms with E-state index in [0.29, 0.717) is 23.8 Å². The molecule has 0 saturated heterocycles. The van der Waals surface area contributed by atoms with Crippen molar-refractivity contribution in [3.63, 3.8) is 0 Å². The monoisotopic (exact) mass is 290 g/mol. The number of nitrogens with one attached hydrogen (secondary N) is 1. The van der Waals surface area contributed by atoms with Crippen molar-refractivity contribution >= 4 is 0 Å². The van der Waals surface area contributed by atoms with Crippen molar-refractivity contribution in [3.8, 4) is 23.3 Å². The van der Waals surface area contributed by atoms with Crippen molar-refractivity contribution in [2.45, 2.75) is 31.8 Å². The third-order valence-corrected chi connectivity index (χ3v) is 3.97. The third kappa shape index (κ3) is 3.40. The lowest BCUT2D eigenvalue weighted by Gasteiger charge is -2.18. The van der Waals surface area contributed by atoms with Gasteiger partial charge in [0.1, 0.15) is 0 Å². The minimum atomic E-state index is 0.118. The van der Waals surface area contributed by atoms with Crippen LogP contribution in [0, 0.1) is 17.2 Å². The largest absolute Gasteiger partial charge is 0.493 e. The van der Waals surface area contributed by atoms with Gasteiger partial charge in [0, 0.05) is 12.6 Å². The second kappa shape index (κ2) is 7.19. The molecule has 5 heteroatoms. The molecule has 0 spiro atoms. The fourth-order valence-electron chi connectivity index (χ4n) is 2.85. The van der Waals surface area contributed by atoms with E-state index in [-0.39, 0.29) is 12.0 Å². The minimum Gasteiger partial charge on any atom is -0.493 e. The first-order chi connectivity index (χ1) is 10.2. The van der Waals surface area contributed by atoms with Crippen LogP contribution in [0.2, 0.25) is 0 Å². The number of methoxy groups -OCH3 is 3. The van der Waals surface area contributed by atoms with Gasteiger partial charge >= 0.3 is 0 Å². The fourth-order valence-corrected chi connectivity index (χ4v) is 2.85. The molecule has 1 fully saturated rings. The van der Waals surface area contributed by atoms with Crippen molar-refractivity contribution in [3.05, 3.63) is 17.7 Å². The Morgan fingerprint density at radius 3 is 2.33 bits per heavy atom. The zero-order chi connectivity index (χ0) is 15.2. The van der Waals surface area contributed by atoms with Crippen LogP contribution >= 0.6 is 0 Å². The van der Waals surface area contributed by atoms with Crippen LogP contribution in [0.5, 0.6) is 17.2 Å². The van der Waals surface area contributed by atoms with Gasteiger partial charge in [-0.3, -0.25) is 0 Å². The highest BCUT2D eigenvalue weighted by molar-refractivity contribution is 5.53. The van der Waals surface area contributed by atoms with Crippen molar-refractivity contribution in [1.82, 2.24) is 5.32 Å². The summed E-state index contributed by atoms with van der Waals surface area (Å²) in [5, 5.41) is 12.6. The molecule has 0 radical (unpaired) electrons. The molecule has 2 unspecified atom stereocenters. The van der Waals surface area contributed by atoms with Crippen LogP contribution in [0.15, 0.2) is 12.1 Å². The topological polar surface area (TPSA) is 63.5 Å². The van der Waals surface area contributed by atoms with Crippen molar-refractivity contribution < 1.29 is 14.2 Å². The molecule has 2 atom stereocenters. The lowest BCUT2D eigenvalue weighted by atomic mass is 10.1. The summed E-state index contributed by atoms with van der Waals surface area (Å²) in [6, 6.07) is 6.52. The highest BCUT2D eigenvalue weighted by Crippen LogP contribution is 2.38. The summed E-state index contributed by atoms with van der Waals surface area (Å²) in [5.41, 5.74) is 1.05. The van der Waals surface area contributed by atoms with Gasteiger partial charge in [-0.15, -0.1) is 0 Å². The number of nitrogens with zero attached hydrogens (tertiary/aromatic N) is 1. The molecule has 1 aromatic rings. The standard InChI is InChI=1S/C16H22N2O3/c1-19-14-7-11(8-15(20-2)16(14)21-3)10-18-13-6-4-5-12(13)9-17/h7-8,12-13,18H,4-6,10H2,1-3H3. The second-order valence-electron chi connectivity index (χ2n) is 5.19. The van der Waals surface area contributed by atoms with Gasteiger partial charge in [-0.1, -0.05) is 6.42 Å². The smallest absolute Gasteiger partial charge is 0.203 e. The summed E-state index contributed by atoms with van der Waals surface area (Å²) in [6.45, 7) is 0.680.